The number of carbonyl (C=O) groups is 4. The van der Waals surface area contributed by atoms with Gasteiger partial charge in [-0.1, -0.05) is 0 Å². The van der Waals surface area contributed by atoms with Crippen molar-refractivity contribution in [2.24, 2.45) is 0 Å². The highest BCUT2D eigenvalue weighted by Crippen LogP contribution is 2.31. The Morgan fingerprint density at radius 2 is 1.85 bits per heavy atom. The molecule has 0 unspecified atom stereocenters. The molecule has 0 aromatic carbocycles. The molecule has 0 aliphatic carbocycles. The van der Waals surface area contributed by atoms with Crippen molar-refractivity contribution in [3.8, 4) is 0 Å². The van der Waals surface area contributed by atoms with Crippen LogP contribution in [0.15, 0.2) is 0 Å². The molecule has 152 valence electrons. The molecule has 0 radical (unpaired) electrons. The third kappa shape index (κ3) is 5.16. The summed E-state index contributed by atoms with van der Waals surface area (Å²) >= 11 is 0. The van der Waals surface area contributed by atoms with Crippen LogP contribution < -0.4 is 10.6 Å². The summed E-state index contributed by atoms with van der Waals surface area (Å²) in [6, 6.07) is -1.05. The molecule has 3 N–H and O–H groups in total. The first-order valence-corrected chi connectivity index (χ1v) is 9.18. The maximum absolute atomic E-state index is 12.6. The third-order valence-corrected chi connectivity index (χ3v) is 5.78. The molecule has 3 heterocycles. The average Bonchev–Trinajstić information content (AvgIpc) is 2.96. The van der Waals surface area contributed by atoms with Gasteiger partial charge in [0.25, 0.3) is 12.4 Å². The molecule has 0 aromatic heterocycles. The first-order valence-electron chi connectivity index (χ1n) is 9.18. The highest BCUT2D eigenvalue weighted by molar-refractivity contribution is 6.04. The second kappa shape index (κ2) is 9.14. The lowest BCUT2D eigenvalue weighted by atomic mass is 9.83. The van der Waals surface area contributed by atoms with Crippen LogP contribution in [0.4, 0.5) is 4.79 Å². The Balaban J connectivity index is 0.000000817. The molecule has 10 heteroatoms. The summed E-state index contributed by atoms with van der Waals surface area (Å²) in [6.07, 6.45) is 2.80. The molecule has 3 fully saturated rings. The lowest BCUT2D eigenvalue weighted by Gasteiger charge is -2.52. The number of likely N-dealkylation sites (tertiary alicyclic amines) is 1. The van der Waals surface area contributed by atoms with Crippen LogP contribution in [-0.4, -0.2) is 103 Å². The zero-order chi connectivity index (χ0) is 20.0. The number of nitrogens with one attached hydrogen (secondary N) is 2. The van der Waals surface area contributed by atoms with Gasteiger partial charge in [-0.05, 0) is 46.4 Å². The van der Waals surface area contributed by atoms with Crippen molar-refractivity contribution in [1.29, 1.82) is 0 Å². The average molecular weight is 383 g/mol. The van der Waals surface area contributed by atoms with Crippen LogP contribution in [0.5, 0.6) is 0 Å². The van der Waals surface area contributed by atoms with Gasteiger partial charge in [-0.2, -0.15) is 0 Å². The van der Waals surface area contributed by atoms with E-state index in [0.29, 0.717) is 6.42 Å². The fourth-order valence-electron chi connectivity index (χ4n) is 3.94. The fourth-order valence-corrected chi connectivity index (χ4v) is 3.94. The minimum atomic E-state index is -0.578. The SMILES string of the molecule is CN1CCC2(CC1)CN(C(=O)CC[C@@H]1NC(=O)NC1=O)CCN2C.O=CO. The zero-order valence-electron chi connectivity index (χ0n) is 15.9. The smallest absolute Gasteiger partial charge is 0.322 e. The quantitative estimate of drug-likeness (QED) is 0.418. The Morgan fingerprint density at radius 3 is 2.41 bits per heavy atom. The van der Waals surface area contributed by atoms with Gasteiger partial charge in [0.15, 0.2) is 0 Å². The number of piperidine rings is 1. The van der Waals surface area contributed by atoms with Crippen molar-refractivity contribution in [3.05, 3.63) is 0 Å². The van der Waals surface area contributed by atoms with Gasteiger partial charge in [-0.25, -0.2) is 4.79 Å². The molecule has 1 spiro atoms. The first-order chi connectivity index (χ1) is 12.8. The van der Waals surface area contributed by atoms with E-state index in [1.54, 1.807) is 0 Å². The number of imide groups is 1. The van der Waals surface area contributed by atoms with Crippen molar-refractivity contribution in [3.63, 3.8) is 0 Å². The van der Waals surface area contributed by atoms with Gasteiger partial charge >= 0.3 is 6.03 Å². The van der Waals surface area contributed by atoms with Gasteiger partial charge in [-0.3, -0.25) is 24.6 Å². The first kappa shape index (κ1) is 21.1. The van der Waals surface area contributed by atoms with Gasteiger partial charge in [-0.15, -0.1) is 0 Å². The van der Waals surface area contributed by atoms with Gasteiger partial charge in [0.1, 0.15) is 6.04 Å². The lowest BCUT2D eigenvalue weighted by molar-refractivity contribution is -0.138. The molecular formula is C17H29N5O5. The van der Waals surface area contributed by atoms with Crippen LogP contribution in [0, 0.1) is 0 Å². The van der Waals surface area contributed by atoms with Gasteiger partial charge in [0.05, 0.1) is 0 Å². The van der Waals surface area contributed by atoms with E-state index >= 15 is 0 Å². The highest BCUT2D eigenvalue weighted by atomic mass is 16.3. The van der Waals surface area contributed by atoms with E-state index in [9.17, 15) is 14.4 Å². The number of nitrogens with zero attached hydrogens (tertiary/aromatic N) is 3. The van der Waals surface area contributed by atoms with Crippen molar-refractivity contribution in [1.82, 2.24) is 25.3 Å². The summed E-state index contributed by atoms with van der Waals surface area (Å²) in [4.78, 5) is 50.3. The summed E-state index contributed by atoms with van der Waals surface area (Å²) < 4.78 is 0. The second-order valence-electron chi connectivity index (χ2n) is 7.42. The molecule has 4 amide bonds. The molecule has 10 nitrogen and oxygen atoms in total. The molecule has 3 saturated heterocycles. The topological polar surface area (TPSA) is 122 Å². The number of hydrogen-bond donors (Lipinski definition) is 3. The molecule has 3 rings (SSSR count). The normalized spacial score (nSPS) is 25.4. The molecule has 0 saturated carbocycles. The molecule has 0 bridgehead atoms. The van der Waals surface area contributed by atoms with Crippen molar-refractivity contribution >= 4 is 24.3 Å². The van der Waals surface area contributed by atoms with E-state index in [4.69, 9.17) is 9.90 Å². The third-order valence-electron chi connectivity index (χ3n) is 5.78. The molecule has 3 aliphatic rings. The Labute approximate surface area is 158 Å². The summed E-state index contributed by atoms with van der Waals surface area (Å²) in [5.74, 6) is -0.256. The Morgan fingerprint density at radius 1 is 1.22 bits per heavy atom. The zero-order valence-corrected chi connectivity index (χ0v) is 15.9. The molecule has 27 heavy (non-hydrogen) atoms. The maximum Gasteiger partial charge on any atom is 0.322 e. The largest absolute Gasteiger partial charge is 0.483 e. The van der Waals surface area contributed by atoms with E-state index in [1.165, 1.54) is 0 Å². The number of carbonyl (C=O) groups excluding carboxylic acids is 3. The second-order valence-corrected chi connectivity index (χ2v) is 7.42. The molecule has 0 aromatic rings. The van der Waals surface area contributed by atoms with E-state index in [0.717, 1.165) is 45.6 Å². The van der Waals surface area contributed by atoms with Gasteiger partial charge in [0, 0.05) is 31.6 Å². The van der Waals surface area contributed by atoms with Crippen LogP contribution in [0.3, 0.4) is 0 Å². The number of carboxylic acid groups (broad SMARTS) is 1. The highest BCUT2D eigenvalue weighted by Gasteiger charge is 2.42. The van der Waals surface area contributed by atoms with Crippen molar-refractivity contribution in [2.45, 2.75) is 37.3 Å². The van der Waals surface area contributed by atoms with Crippen LogP contribution in [-0.2, 0) is 14.4 Å². The maximum atomic E-state index is 12.6. The standard InChI is InChI=1S/C16H27N5O3.CH2O2/c1-19-7-5-16(6-8-19)11-21(10-9-20(16)2)13(22)4-3-12-14(23)18-15(24)17-12;2-1-3/h12H,3-11H2,1-2H3,(H2,17,18,23,24);1H,(H,2,3)/t12-;/m0./s1. The minimum absolute atomic E-state index is 0.0790. The van der Waals surface area contributed by atoms with Crippen LogP contribution in [0.25, 0.3) is 0 Å². The van der Waals surface area contributed by atoms with Crippen molar-refractivity contribution in [2.75, 3.05) is 46.8 Å². The van der Waals surface area contributed by atoms with Crippen LogP contribution in [0.1, 0.15) is 25.7 Å². The summed E-state index contributed by atoms with van der Waals surface area (Å²) in [7, 11) is 4.30. The van der Waals surface area contributed by atoms with E-state index in [1.807, 2.05) is 4.90 Å². The molecule has 1 atom stereocenters. The number of piperazine rings is 1. The van der Waals surface area contributed by atoms with Crippen LogP contribution in [0.2, 0.25) is 0 Å². The van der Waals surface area contributed by atoms with Gasteiger partial charge < -0.3 is 20.2 Å². The number of urea groups is 1. The number of likely N-dealkylation sites (N-methyl/N-ethyl adjacent to an activating group) is 1. The molecular weight excluding hydrogens is 354 g/mol. The lowest BCUT2D eigenvalue weighted by Crippen LogP contribution is -2.65. The Bertz CT molecular complexity index is 576. The summed E-state index contributed by atoms with van der Waals surface area (Å²) in [5.41, 5.74) is 0.0827. The number of rotatable bonds is 3. The predicted octanol–water partition coefficient (Wildman–Crippen LogP) is -1.09. The Kier molecular flexibility index (Phi) is 7.14. The van der Waals surface area contributed by atoms with Crippen molar-refractivity contribution < 1.29 is 24.3 Å². The molecule has 3 aliphatic heterocycles. The monoisotopic (exact) mass is 383 g/mol. The predicted molar refractivity (Wildman–Crippen MR) is 97.1 cm³/mol. The Hall–Kier alpha value is -2.20. The minimum Gasteiger partial charge on any atom is -0.483 e. The van der Waals surface area contributed by atoms with Crippen LogP contribution >= 0.6 is 0 Å². The fraction of sp³-hybridized carbons (Fsp3) is 0.765. The summed E-state index contributed by atoms with van der Waals surface area (Å²) in [6.45, 7) is 4.24. The van der Waals surface area contributed by atoms with E-state index < -0.39 is 12.1 Å². The van der Waals surface area contributed by atoms with E-state index in [-0.39, 0.29) is 30.2 Å². The van der Waals surface area contributed by atoms with E-state index in [2.05, 4.69) is 34.5 Å². The number of hydrogen-bond acceptors (Lipinski definition) is 6. The number of amides is 4. The summed E-state index contributed by atoms with van der Waals surface area (Å²) in [5, 5.41) is 11.6. The van der Waals surface area contributed by atoms with Gasteiger partial charge in [0.2, 0.25) is 5.91 Å².